The zero-order valence-electron chi connectivity index (χ0n) is 75.3. The van der Waals surface area contributed by atoms with Crippen LogP contribution in [0.1, 0.15) is 127 Å². The summed E-state index contributed by atoms with van der Waals surface area (Å²) in [4.78, 5) is 222. The monoisotopic (exact) mass is 1860 g/mol. The van der Waals surface area contributed by atoms with E-state index in [0.29, 0.717) is 75.3 Å². The summed E-state index contributed by atoms with van der Waals surface area (Å²) in [7, 11) is 0. The number of aliphatic hydroxyl groups excluding tert-OH is 2. The van der Waals surface area contributed by atoms with Gasteiger partial charge in [-0.05, 0) is 144 Å². The molecule has 4 aromatic heterocycles. The van der Waals surface area contributed by atoms with Crippen LogP contribution in [-0.2, 0) is 104 Å². The Morgan fingerprint density at radius 1 is 0.553 bits per heavy atom. The number of amides is 14. The summed E-state index contributed by atoms with van der Waals surface area (Å²) in [6.45, 7) is 13.6. The first-order valence-corrected chi connectivity index (χ1v) is 46.5. The van der Waals surface area contributed by atoms with Crippen LogP contribution < -0.4 is 91.2 Å². The minimum absolute atomic E-state index is 0.105. The van der Waals surface area contributed by atoms with Gasteiger partial charge in [0.25, 0.3) is 0 Å². The quantitative estimate of drug-likeness (QED) is 0.0217. The number of aromatic amines is 2. The highest BCUT2D eigenvalue weighted by molar-refractivity contribution is 7.98. The number of rotatable bonds is 38. The number of nitrogens with zero attached hydrogens (tertiary/aromatic N) is 3. The summed E-state index contributed by atoms with van der Waals surface area (Å²) >= 11 is 2.32. The van der Waals surface area contributed by atoms with Gasteiger partial charge < -0.3 is 117 Å². The van der Waals surface area contributed by atoms with Crippen LogP contribution in [0.4, 0.5) is 0 Å². The molecule has 132 heavy (non-hydrogen) atoms. The van der Waals surface area contributed by atoms with Gasteiger partial charge in [0.15, 0.2) is 0 Å². The second kappa shape index (κ2) is 54.4. The van der Waals surface area contributed by atoms with E-state index in [2.05, 4.69) is 99.7 Å². The van der Waals surface area contributed by atoms with E-state index < -0.39 is 187 Å². The van der Waals surface area contributed by atoms with Gasteiger partial charge in [0, 0.05) is 121 Å². The van der Waals surface area contributed by atoms with E-state index in [9.17, 15) is 58.5 Å². The number of thioether (sulfide) groups is 2. The maximum Gasteiger partial charge on any atom is 0.245 e. The average Bonchev–Trinajstić information content (AvgIpc) is 1.64. The molecule has 14 amide bonds. The zero-order valence-corrected chi connectivity index (χ0v) is 76.9. The van der Waals surface area contributed by atoms with Gasteiger partial charge in [-0.1, -0.05) is 100 Å². The molecule has 0 radical (unpaired) electrons. The molecule has 714 valence electrons. The van der Waals surface area contributed by atoms with Crippen molar-refractivity contribution in [2.45, 2.75) is 209 Å². The van der Waals surface area contributed by atoms with Gasteiger partial charge in [-0.3, -0.25) is 77.1 Å². The van der Waals surface area contributed by atoms with E-state index in [1.165, 1.54) is 69.3 Å². The van der Waals surface area contributed by atoms with Crippen molar-refractivity contribution < 1.29 is 82.4 Å². The van der Waals surface area contributed by atoms with Crippen molar-refractivity contribution in [3.8, 4) is 16.9 Å². The second-order valence-corrected chi connectivity index (χ2v) is 35.3. The van der Waals surface area contributed by atoms with E-state index >= 15 is 24.0 Å². The van der Waals surface area contributed by atoms with Crippen LogP contribution in [0.2, 0.25) is 0 Å². The molecule has 0 aliphatic carbocycles. The third kappa shape index (κ3) is 35.0. The Bertz CT molecular complexity index is 4940. The highest BCUT2D eigenvalue weighted by atomic mass is 32.2. The van der Waals surface area contributed by atoms with Gasteiger partial charge in [0.2, 0.25) is 82.7 Å². The topological polar surface area (TPSA) is 602 Å². The van der Waals surface area contributed by atoms with Crippen LogP contribution >= 0.6 is 23.5 Å². The summed E-state index contributed by atoms with van der Waals surface area (Å²) in [5.41, 5.74) is 15.9. The maximum atomic E-state index is 15.5. The van der Waals surface area contributed by atoms with E-state index in [-0.39, 0.29) is 73.3 Å². The Kier molecular flexibility index (Phi) is 43.3. The average molecular weight is 1860 g/mol. The number of nitrogens with two attached hydrogens (primary N) is 2. The Labute approximate surface area is 774 Å². The number of phenolic OH excluding ortho intramolecular Hbond substituents is 1. The second-order valence-electron chi connectivity index (χ2n) is 33.3. The Balaban J connectivity index is 1.15. The van der Waals surface area contributed by atoms with Crippen molar-refractivity contribution in [2.24, 2.45) is 23.3 Å². The number of hydrogen-bond acceptors (Lipinski definition) is 25. The van der Waals surface area contributed by atoms with Gasteiger partial charge in [0.1, 0.15) is 78.3 Å². The fraction of sp³-hybridized carbons (Fsp3) is 0.484. The molecule has 0 spiro atoms. The first-order chi connectivity index (χ1) is 63.2. The van der Waals surface area contributed by atoms with Gasteiger partial charge in [-0.2, -0.15) is 23.5 Å². The van der Waals surface area contributed by atoms with Crippen molar-refractivity contribution >= 4 is 117 Å². The molecule has 3 aromatic carbocycles. The summed E-state index contributed by atoms with van der Waals surface area (Å²) in [6, 6.07) is 9.91. The molecule has 0 fully saturated rings. The molecule has 7 heterocycles. The van der Waals surface area contributed by atoms with Crippen LogP contribution in [0.3, 0.4) is 0 Å². The molecular formula is C91H126N22O17S2. The predicted molar refractivity (Wildman–Crippen MR) is 498 cm³/mol. The minimum Gasteiger partial charge on any atom is -0.508 e. The van der Waals surface area contributed by atoms with Crippen molar-refractivity contribution in [3.05, 3.63) is 168 Å². The molecule has 3 aliphatic rings. The molecular weight excluding hydrogens is 1740 g/mol. The lowest BCUT2D eigenvalue weighted by Crippen LogP contribution is -2.62. The van der Waals surface area contributed by atoms with E-state index in [4.69, 9.17) is 16.5 Å². The molecule has 10 rings (SSSR count). The first-order valence-electron chi connectivity index (χ1n) is 44.2. The highest BCUT2D eigenvalue weighted by Gasteiger charge is 2.39. The first kappa shape index (κ1) is 105. The van der Waals surface area contributed by atoms with Crippen molar-refractivity contribution in [1.29, 1.82) is 0 Å². The number of carbonyl (C=O) groups is 14. The molecule has 3 aliphatic heterocycles. The third-order valence-corrected chi connectivity index (χ3v) is 23.7. The number of hydrogen-bond donors (Lipinski definition) is 22. The Morgan fingerprint density at radius 2 is 1.15 bits per heavy atom. The Hall–Kier alpha value is -12.4. The molecule has 0 unspecified atom stereocenters. The number of fused-ring (bicyclic) bond motifs is 3. The van der Waals surface area contributed by atoms with Crippen LogP contribution in [0, 0.1) is 11.8 Å². The van der Waals surface area contributed by atoms with E-state index in [1.807, 2.05) is 13.8 Å². The number of nitrogens with one attached hydrogen (secondary N) is 17. The van der Waals surface area contributed by atoms with Crippen molar-refractivity contribution in [3.63, 3.8) is 0 Å². The SMILES string of the molecule is CC(=O)N[C@@H](CC(C)C)C(=O)N[C@H](C(=O)N[C@@H](Cc1ccccc1)C(=O)N[C@@H]1CSCc2ccc(cn2)-c2ccc(nc2)CSC[C@@H](C(=O)N[C@@H](CO)C(=O)NCCCNCCCCNCCCN)NC(=O)[C@H](C(C)C)NC(=O)[C@H](CCC(N)=O)NC(=O)[C@H](C)NC(=O)[C@H](Cc2c[nH]c3ccccc23)NC(=O)[C@H](Cc2ccc(O)cc2)NC(=O)[C@H](Cc2cnc[nH]2)NC1=O)[C@@H](C)O. The van der Waals surface area contributed by atoms with Crippen LogP contribution in [0.25, 0.3) is 22.0 Å². The van der Waals surface area contributed by atoms with Gasteiger partial charge in [0.05, 0.1) is 30.4 Å². The number of H-pyrrole nitrogens is 2. The van der Waals surface area contributed by atoms with Gasteiger partial charge in [-0.15, -0.1) is 0 Å². The molecule has 0 saturated carbocycles. The number of para-hydroxylation sites is 1. The summed E-state index contributed by atoms with van der Waals surface area (Å²) < 4.78 is 0. The molecule has 41 heteroatoms. The molecule has 24 N–H and O–H groups in total. The largest absolute Gasteiger partial charge is 0.508 e. The molecule has 7 aromatic rings. The van der Waals surface area contributed by atoms with Crippen molar-refractivity contribution in [1.82, 2.24) is 105 Å². The van der Waals surface area contributed by atoms with Crippen LogP contribution in [-0.4, -0.2) is 259 Å². The van der Waals surface area contributed by atoms with Crippen LogP contribution in [0.5, 0.6) is 5.75 Å². The predicted octanol–water partition coefficient (Wildman–Crippen LogP) is -0.483. The number of unbranched alkanes of at least 4 members (excludes halogenated alkanes) is 1. The lowest BCUT2D eigenvalue weighted by atomic mass is 10.0. The number of imidazole rings is 1. The maximum absolute atomic E-state index is 15.5. The summed E-state index contributed by atoms with van der Waals surface area (Å²) in [5.74, 6) is -13.6. The number of pyridine rings is 2. The fourth-order valence-corrected chi connectivity index (χ4v) is 16.1. The molecule has 4 bridgehead atoms. The summed E-state index contributed by atoms with van der Waals surface area (Å²) in [5, 5.41) is 74.3. The summed E-state index contributed by atoms with van der Waals surface area (Å²) in [6.07, 6.45) is 7.39. The van der Waals surface area contributed by atoms with Gasteiger partial charge >= 0.3 is 0 Å². The molecule has 39 nitrogen and oxygen atoms in total. The van der Waals surface area contributed by atoms with E-state index in [1.54, 1.807) is 111 Å². The number of aliphatic hydroxyl groups is 2. The highest BCUT2D eigenvalue weighted by Crippen LogP contribution is 2.25. The number of phenols is 1. The number of aromatic hydroxyl groups is 1. The zero-order chi connectivity index (χ0) is 95.8. The number of aromatic nitrogens is 5. The third-order valence-electron chi connectivity index (χ3n) is 21.5. The van der Waals surface area contributed by atoms with E-state index in [0.717, 1.165) is 50.7 Å². The normalized spacial score (nSPS) is 19.6. The molecule has 13 atom stereocenters. The lowest BCUT2D eigenvalue weighted by molar-refractivity contribution is -0.136. The van der Waals surface area contributed by atoms with Gasteiger partial charge in [-0.25, -0.2) is 4.98 Å². The lowest BCUT2D eigenvalue weighted by Gasteiger charge is -2.29. The number of benzene rings is 3. The number of primary amides is 1. The van der Waals surface area contributed by atoms with Crippen molar-refractivity contribution in [2.75, 3.05) is 57.4 Å². The molecule has 0 saturated heterocycles. The smallest absolute Gasteiger partial charge is 0.245 e. The fourth-order valence-electron chi connectivity index (χ4n) is 14.2. The minimum atomic E-state index is -1.69. The standard InChI is InChI=1S/C91H126N22O17S2/c1-52(2)37-69(103-56(7)116)87(126)113-79(55(6)115)91(130)108-71(38-57-17-9-8-10-18-57)85(124)110-75-49-131-47-62-25-23-59(42-98-62)60-24-26-63(99-43-60)48-132-50-76(89(128)109-74(46-114)81(120)97-36-16-35-95-33-14-13-32-94-34-15-31-92)111-90(129)78(53(3)4)112-82(121)68(29-30-77(93)118)104-80(119)54(5)102-83(122)72(40-61-44-100-67-20-12-11-19-66(61)67)106-84(123)70(39-58-21-27-65(117)28-22-58)105-86(125)73(107-88(75)127)41-64-45-96-51-101-64/h8-12,17-28,42-45,51-55,68-76,78-79,94-95,100,114-115,117H,13-16,29-41,46-50,92H2,1-7H3,(H2,93,118)(H,96,101)(H,97,120)(H,102,122)(H,103,116)(H,104,119)(H,105,125)(H,106,123)(H,107,127)(H,108,130)(H,109,128)(H,110,124)(H,111,129)(H,112,121)(H,113,126)/t54-,55+,68-,69-,70-,71-,72-,73-,74-,75+,76-,78-,79-/m0/s1. The Morgan fingerprint density at radius 3 is 1.75 bits per heavy atom. The van der Waals surface area contributed by atoms with Crippen LogP contribution in [0.15, 0.2) is 134 Å². The number of carbonyl (C=O) groups excluding carboxylic acids is 14.